The SMILES string of the molecule is CO/N=C(\C(=O)N[C@@H]1C(=O)N2C(C(=O)[O-])=C(C[n+]3cccc4c3ccn4Cc3c(F)cc(C(=N)N)cc3Cl)CS[C@H]12)c1nc(N)sc1Cl. The van der Waals surface area contributed by atoms with Crippen molar-refractivity contribution >= 4 is 91.8 Å². The summed E-state index contributed by atoms with van der Waals surface area (Å²) in [5.74, 6) is -3.70. The normalized spacial score (nSPS) is 17.7. The largest absolute Gasteiger partial charge is 0.543 e. The minimum atomic E-state index is -1.54. The van der Waals surface area contributed by atoms with E-state index in [0.29, 0.717) is 16.6 Å². The molecule has 1 saturated heterocycles. The molecule has 2 aliphatic rings. The Bertz CT molecular complexity index is 2080. The zero-order valence-electron chi connectivity index (χ0n) is 24.7. The highest BCUT2D eigenvalue weighted by molar-refractivity contribution is 8.00. The number of anilines is 1. The maximum atomic E-state index is 14.9. The average molecular weight is 733 g/mol. The number of aromatic nitrogens is 3. The van der Waals surface area contributed by atoms with E-state index in [1.165, 1.54) is 24.9 Å². The first-order valence-corrected chi connectivity index (χ1v) is 16.5. The molecule has 0 radical (unpaired) electrons. The Labute approximate surface area is 289 Å². The lowest BCUT2D eigenvalue weighted by Gasteiger charge is -2.50. The molecular weight excluding hydrogens is 708 g/mol. The molecule has 14 nitrogen and oxygen atoms in total. The van der Waals surface area contributed by atoms with Gasteiger partial charge in [0.2, 0.25) is 5.52 Å². The highest BCUT2D eigenvalue weighted by atomic mass is 35.5. The lowest BCUT2D eigenvalue weighted by atomic mass is 10.0. The molecule has 0 aliphatic carbocycles. The van der Waals surface area contributed by atoms with E-state index < -0.39 is 35.0 Å². The first-order chi connectivity index (χ1) is 22.9. The number of pyridine rings is 1. The number of benzene rings is 1. The van der Waals surface area contributed by atoms with Crippen LogP contribution >= 0.6 is 46.3 Å². The van der Waals surface area contributed by atoms with Crippen LogP contribution in [-0.4, -0.2) is 68.1 Å². The van der Waals surface area contributed by atoms with Gasteiger partial charge in [0, 0.05) is 45.8 Å². The summed E-state index contributed by atoms with van der Waals surface area (Å²) >= 11 is 14.7. The number of rotatable bonds is 10. The fourth-order valence-electron chi connectivity index (χ4n) is 5.53. The van der Waals surface area contributed by atoms with Gasteiger partial charge in [-0.3, -0.25) is 19.9 Å². The molecule has 4 aromatic rings. The minimum absolute atomic E-state index is 0.0183. The Balaban J connectivity index is 1.24. The quantitative estimate of drug-likeness (QED) is 0.0607. The number of carboxylic acid groups (broad SMARTS) is 1. The van der Waals surface area contributed by atoms with Gasteiger partial charge in [0.1, 0.15) is 45.7 Å². The molecule has 2 atom stereocenters. The van der Waals surface area contributed by atoms with Gasteiger partial charge in [-0.05, 0) is 18.2 Å². The number of hydrogen-bond donors (Lipinski definition) is 4. The van der Waals surface area contributed by atoms with E-state index in [-0.39, 0.29) is 67.4 Å². The van der Waals surface area contributed by atoms with E-state index in [9.17, 15) is 23.9 Å². The third kappa shape index (κ3) is 5.93. The van der Waals surface area contributed by atoms with Crippen LogP contribution in [-0.2, 0) is 32.3 Å². The number of nitrogens with one attached hydrogen (secondary N) is 2. The molecule has 48 heavy (non-hydrogen) atoms. The van der Waals surface area contributed by atoms with Crippen molar-refractivity contribution in [2.75, 3.05) is 18.6 Å². The predicted octanol–water partition coefficient (Wildman–Crippen LogP) is 1.20. The molecule has 6 N–H and O–H groups in total. The highest BCUT2D eigenvalue weighted by Crippen LogP contribution is 2.40. The average Bonchev–Trinajstić information content (AvgIpc) is 3.61. The number of carboxylic acids is 1. The van der Waals surface area contributed by atoms with Crippen LogP contribution in [0.5, 0.6) is 0 Å². The van der Waals surface area contributed by atoms with Gasteiger partial charge in [-0.1, -0.05) is 39.7 Å². The van der Waals surface area contributed by atoms with Crippen molar-refractivity contribution in [1.82, 2.24) is 19.8 Å². The Hall–Kier alpha value is -4.71. The number of oxime groups is 1. The van der Waals surface area contributed by atoms with E-state index in [4.69, 9.17) is 44.9 Å². The van der Waals surface area contributed by atoms with Gasteiger partial charge in [-0.2, -0.15) is 4.57 Å². The molecule has 19 heteroatoms. The zero-order valence-corrected chi connectivity index (χ0v) is 27.8. The molecular formula is C29H24Cl2FN9O5S2. The molecule has 2 aliphatic heterocycles. The molecule has 0 saturated carbocycles. The Kier molecular flexibility index (Phi) is 9.04. The Morgan fingerprint density at radius 1 is 1.33 bits per heavy atom. The number of nitrogens with two attached hydrogens (primary N) is 2. The minimum Gasteiger partial charge on any atom is -0.543 e. The Morgan fingerprint density at radius 2 is 2.10 bits per heavy atom. The molecule has 3 aromatic heterocycles. The second kappa shape index (κ2) is 13.1. The van der Waals surface area contributed by atoms with E-state index in [0.717, 1.165) is 22.3 Å². The van der Waals surface area contributed by atoms with Crippen LogP contribution in [0.15, 0.2) is 59.2 Å². The molecule has 248 valence electrons. The van der Waals surface area contributed by atoms with E-state index in [1.54, 1.807) is 29.1 Å². The molecule has 0 unspecified atom stereocenters. The molecule has 1 aromatic carbocycles. The van der Waals surface area contributed by atoms with Crippen molar-refractivity contribution in [3.63, 3.8) is 0 Å². The van der Waals surface area contributed by atoms with Gasteiger partial charge in [0.05, 0.1) is 18.2 Å². The summed E-state index contributed by atoms with van der Waals surface area (Å²) in [6.45, 7) is 0.178. The third-order valence-electron chi connectivity index (χ3n) is 7.71. The first-order valence-electron chi connectivity index (χ1n) is 13.9. The van der Waals surface area contributed by atoms with Crippen molar-refractivity contribution in [1.29, 1.82) is 5.41 Å². The fraction of sp³-hybridized carbons (Fsp3) is 0.207. The van der Waals surface area contributed by atoms with Crippen molar-refractivity contribution < 1.29 is 33.3 Å². The Morgan fingerprint density at radius 3 is 2.75 bits per heavy atom. The number of aliphatic carboxylic acids is 1. The summed E-state index contributed by atoms with van der Waals surface area (Å²) in [4.78, 5) is 48.8. The second-order valence-corrected chi connectivity index (χ2v) is 13.7. The number of halogens is 3. The van der Waals surface area contributed by atoms with Crippen LogP contribution in [0, 0.1) is 11.2 Å². The highest BCUT2D eigenvalue weighted by Gasteiger charge is 2.53. The number of amidine groups is 1. The smallest absolute Gasteiger partial charge is 0.276 e. The van der Waals surface area contributed by atoms with Crippen molar-refractivity contribution in [3.05, 3.63) is 86.0 Å². The molecule has 6 rings (SSSR count). The van der Waals surface area contributed by atoms with Gasteiger partial charge in [0.15, 0.2) is 23.6 Å². The van der Waals surface area contributed by atoms with E-state index in [2.05, 4.69) is 15.5 Å². The van der Waals surface area contributed by atoms with Crippen molar-refractivity contribution in [2.45, 2.75) is 24.5 Å². The number of carbonyl (C=O) groups excluding carboxylic acids is 3. The zero-order chi connectivity index (χ0) is 34.4. The van der Waals surface area contributed by atoms with Crippen molar-refractivity contribution in [3.8, 4) is 0 Å². The van der Waals surface area contributed by atoms with E-state index >= 15 is 0 Å². The molecule has 1 fully saturated rings. The van der Waals surface area contributed by atoms with Gasteiger partial charge in [-0.15, -0.1) is 11.8 Å². The van der Waals surface area contributed by atoms with Crippen molar-refractivity contribution in [2.24, 2.45) is 10.9 Å². The predicted molar refractivity (Wildman–Crippen MR) is 176 cm³/mol. The summed E-state index contributed by atoms with van der Waals surface area (Å²) in [7, 11) is 1.22. The van der Waals surface area contributed by atoms with Crippen LogP contribution in [0.25, 0.3) is 11.0 Å². The summed E-state index contributed by atoms with van der Waals surface area (Å²) < 4.78 is 18.6. The number of hydrogen-bond acceptors (Lipinski definition) is 11. The maximum Gasteiger partial charge on any atom is 0.276 e. The molecule has 0 spiro atoms. The first kappa shape index (κ1) is 33.2. The van der Waals surface area contributed by atoms with Crippen LogP contribution in [0.3, 0.4) is 0 Å². The number of nitrogen functional groups attached to an aromatic ring is 2. The molecule has 5 heterocycles. The van der Waals surface area contributed by atoms with E-state index in [1.807, 2.05) is 10.6 Å². The number of thioether (sulfide) groups is 1. The second-order valence-electron chi connectivity index (χ2n) is 10.6. The number of fused-ring (bicyclic) bond motifs is 2. The number of nitrogens with zero attached hydrogens (tertiary/aromatic N) is 5. The number of β-lactam (4-membered cyclic amide) rings is 1. The lowest BCUT2D eigenvalue weighted by molar-refractivity contribution is -0.663. The fourth-order valence-corrected chi connectivity index (χ4v) is 8.06. The summed E-state index contributed by atoms with van der Waals surface area (Å²) in [6.07, 6.45) is 3.50. The van der Waals surface area contributed by atoms with Gasteiger partial charge >= 0.3 is 0 Å². The van der Waals surface area contributed by atoms with Crippen LogP contribution < -0.4 is 26.5 Å². The van der Waals surface area contributed by atoms with Crippen LogP contribution in [0.1, 0.15) is 16.8 Å². The number of thiazole rings is 1. The lowest BCUT2D eigenvalue weighted by Crippen LogP contribution is -2.71. The van der Waals surface area contributed by atoms with Crippen LogP contribution in [0.4, 0.5) is 9.52 Å². The van der Waals surface area contributed by atoms with Gasteiger partial charge in [-0.25, -0.2) is 9.37 Å². The molecule has 0 bridgehead atoms. The monoisotopic (exact) mass is 731 g/mol. The summed E-state index contributed by atoms with van der Waals surface area (Å²) in [6, 6.07) is 6.89. The standard InChI is InChI=1S/C29H24Cl2FN9O5S2/c1-46-38-20(19-23(31)48-29(35)37-19)25(42)36-21-26(43)41-22(28(44)45)13(11-47-27(21)41)9-39-5-2-3-17-18(39)4-6-40(17)10-14-15(30)7-12(24(33)34)8-16(14)32/h2-8,21,27H,9-11H2,1H3,(H6-,33,34,35,36,37,42,44,45)/b38-20-/t21-,27-/m1/s1. The number of carbonyl (C=O) groups is 3. The molecule has 2 amide bonds. The van der Waals surface area contributed by atoms with Gasteiger partial charge in [0.25, 0.3) is 11.8 Å². The third-order valence-corrected chi connectivity index (χ3v) is 10.5. The maximum absolute atomic E-state index is 14.9. The van der Waals surface area contributed by atoms with Crippen LogP contribution in [0.2, 0.25) is 9.36 Å². The van der Waals surface area contributed by atoms with Gasteiger partial charge < -0.3 is 36.1 Å². The topological polar surface area (TPSA) is 209 Å². The summed E-state index contributed by atoms with van der Waals surface area (Å²) in [5, 5.41) is 25.8. The summed E-state index contributed by atoms with van der Waals surface area (Å²) in [5.41, 5.74) is 12.8. The number of amides is 2.